The van der Waals surface area contributed by atoms with Crippen LogP contribution in [0.3, 0.4) is 0 Å². The Labute approximate surface area is 181 Å². The van der Waals surface area contributed by atoms with Crippen molar-refractivity contribution in [2.45, 2.75) is 46.6 Å². The standard InChI is InChI=1S/C23H29N5OS/c1-5-27-12-9-18(10-13-27)28-20(8-11-24-28)26-22(29)21-17(4)25-23(30-21)19-7-6-15(2)14-16(19)3/h6-8,11,14,18H,5,9-10,12-13H2,1-4H3,(H,26,29). The topological polar surface area (TPSA) is 63.1 Å². The van der Waals surface area contributed by atoms with Gasteiger partial charge in [0.2, 0.25) is 0 Å². The van der Waals surface area contributed by atoms with Gasteiger partial charge in [-0.25, -0.2) is 9.67 Å². The van der Waals surface area contributed by atoms with Gasteiger partial charge in [-0.1, -0.05) is 30.7 Å². The first-order valence-electron chi connectivity index (χ1n) is 10.6. The summed E-state index contributed by atoms with van der Waals surface area (Å²) in [6.45, 7) is 11.5. The number of thiazole rings is 1. The number of hydrogen-bond acceptors (Lipinski definition) is 5. The molecule has 158 valence electrons. The molecule has 1 aliphatic heterocycles. The van der Waals surface area contributed by atoms with Crippen LogP contribution in [-0.2, 0) is 0 Å². The highest BCUT2D eigenvalue weighted by Gasteiger charge is 2.24. The number of nitrogens with one attached hydrogen (secondary N) is 1. The Morgan fingerprint density at radius 3 is 2.67 bits per heavy atom. The van der Waals surface area contributed by atoms with E-state index in [1.165, 1.54) is 22.5 Å². The lowest BCUT2D eigenvalue weighted by Crippen LogP contribution is -2.35. The fourth-order valence-corrected chi connectivity index (χ4v) is 5.19. The summed E-state index contributed by atoms with van der Waals surface area (Å²) >= 11 is 1.45. The van der Waals surface area contributed by atoms with Crippen LogP contribution < -0.4 is 5.32 Å². The first-order chi connectivity index (χ1) is 14.5. The largest absolute Gasteiger partial charge is 0.306 e. The number of amides is 1. The van der Waals surface area contributed by atoms with Gasteiger partial charge in [0, 0.05) is 24.7 Å². The summed E-state index contributed by atoms with van der Waals surface area (Å²) in [5, 5.41) is 8.47. The second-order valence-corrected chi connectivity index (χ2v) is 9.03. The van der Waals surface area contributed by atoms with Crippen LogP contribution in [-0.4, -0.2) is 45.2 Å². The van der Waals surface area contributed by atoms with Crippen molar-refractivity contribution in [1.29, 1.82) is 0 Å². The van der Waals surface area contributed by atoms with E-state index < -0.39 is 0 Å². The van der Waals surface area contributed by atoms with Gasteiger partial charge in [-0.3, -0.25) is 4.79 Å². The van der Waals surface area contributed by atoms with Crippen LogP contribution in [0.5, 0.6) is 0 Å². The molecule has 30 heavy (non-hydrogen) atoms. The average Bonchev–Trinajstić information content (AvgIpc) is 3.34. The number of rotatable bonds is 5. The molecule has 1 N–H and O–H groups in total. The van der Waals surface area contributed by atoms with Crippen molar-refractivity contribution in [3.8, 4) is 10.6 Å². The molecule has 1 amide bonds. The maximum Gasteiger partial charge on any atom is 0.268 e. The molecule has 3 heterocycles. The van der Waals surface area contributed by atoms with Crippen LogP contribution in [0.2, 0.25) is 0 Å². The molecule has 0 aliphatic carbocycles. The van der Waals surface area contributed by atoms with Crippen molar-refractivity contribution in [2.75, 3.05) is 25.0 Å². The maximum atomic E-state index is 13.1. The summed E-state index contributed by atoms with van der Waals surface area (Å²) in [6.07, 6.45) is 3.87. The quantitative estimate of drug-likeness (QED) is 0.638. The Morgan fingerprint density at radius 2 is 1.97 bits per heavy atom. The SMILES string of the molecule is CCN1CCC(n2nccc2NC(=O)c2sc(-c3ccc(C)cc3C)nc2C)CC1. The number of carbonyl (C=O) groups excluding carboxylic acids is 1. The Bertz CT molecular complexity index is 1050. The Morgan fingerprint density at radius 1 is 1.20 bits per heavy atom. The summed E-state index contributed by atoms with van der Waals surface area (Å²) in [4.78, 5) is 20.8. The van der Waals surface area contributed by atoms with Gasteiger partial charge in [0.15, 0.2) is 0 Å². The van der Waals surface area contributed by atoms with Crippen LogP contribution in [0, 0.1) is 20.8 Å². The van der Waals surface area contributed by atoms with Crippen LogP contribution in [0.4, 0.5) is 5.82 Å². The molecule has 0 spiro atoms. The minimum Gasteiger partial charge on any atom is -0.306 e. The number of aryl methyl sites for hydroxylation is 3. The molecule has 7 heteroatoms. The molecular formula is C23H29N5OS. The number of nitrogens with zero attached hydrogens (tertiary/aromatic N) is 4. The molecule has 0 radical (unpaired) electrons. The zero-order valence-electron chi connectivity index (χ0n) is 18.1. The Hall–Kier alpha value is -2.51. The van der Waals surface area contributed by atoms with E-state index in [4.69, 9.17) is 0 Å². The van der Waals surface area contributed by atoms with E-state index in [9.17, 15) is 4.79 Å². The van der Waals surface area contributed by atoms with Crippen molar-refractivity contribution in [3.05, 3.63) is 52.2 Å². The molecular weight excluding hydrogens is 394 g/mol. The first-order valence-corrected chi connectivity index (χ1v) is 11.4. The lowest BCUT2D eigenvalue weighted by Gasteiger charge is -2.31. The molecule has 3 aromatic rings. The number of benzene rings is 1. The highest BCUT2D eigenvalue weighted by atomic mass is 32.1. The predicted molar refractivity (Wildman–Crippen MR) is 122 cm³/mol. The molecule has 1 saturated heterocycles. The van der Waals surface area contributed by atoms with Gasteiger partial charge < -0.3 is 10.2 Å². The van der Waals surface area contributed by atoms with Gasteiger partial charge in [-0.2, -0.15) is 5.10 Å². The predicted octanol–water partition coefficient (Wildman–Crippen LogP) is 4.84. The van der Waals surface area contributed by atoms with Crippen molar-refractivity contribution in [2.24, 2.45) is 0 Å². The van der Waals surface area contributed by atoms with E-state index in [1.807, 2.05) is 17.7 Å². The van der Waals surface area contributed by atoms with Gasteiger partial charge >= 0.3 is 0 Å². The number of aromatic nitrogens is 3. The minimum atomic E-state index is -0.117. The Balaban J connectivity index is 1.52. The van der Waals surface area contributed by atoms with E-state index in [0.717, 1.165) is 54.6 Å². The van der Waals surface area contributed by atoms with Gasteiger partial charge in [-0.15, -0.1) is 11.3 Å². The summed E-state index contributed by atoms with van der Waals surface area (Å²) < 4.78 is 1.98. The highest BCUT2D eigenvalue weighted by Crippen LogP contribution is 2.32. The van der Waals surface area contributed by atoms with Crippen LogP contribution in [0.25, 0.3) is 10.6 Å². The number of likely N-dealkylation sites (tertiary alicyclic amines) is 1. The molecule has 4 rings (SSSR count). The van der Waals surface area contributed by atoms with Gasteiger partial charge in [0.05, 0.1) is 17.9 Å². The number of carbonyl (C=O) groups is 1. The third-order valence-corrected chi connectivity index (χ3v) is 7.07. The third kappa shape index (κ3) is 4.18. The van der Waals surface area contributed by atoms with Gasteiger partial charge in [0.25, 0.3) is 5.91 Å². The molecule has 0 saturated carbocycles. The van der Waals surface area contributed by atoms with Crippen LogP contribution in [0.15, 0.2) is 30.5 Å². The second-order valence-electron chi connectivity index (χ2n) is 8.03. The normalized spacial score (nSPS) is 15.5. The summed E-state index contributed by atoms with van der Waals surface area (Å²) in [5.74, 6) is 0.643. The van der Waals surface area contributed by atoms with Crippen molar-refractivity contribution in [3.63, 3.8) is 0 Å². The fraction of sp³-hybridized carbons (Fsp3) is 0.435. The maximum absolute atomic E-state index is 13.1. The average molecular weight is 424 g/mol. The number of anilines is 1. The van der Waals surface area contributed by atoms with E-state index >= 15 is 0 Å². The molecule has 0 atom stereocenters. The van der Waals surface area contributed by atoms with E-state index in [2.05, 4.69) is 59.3 Å². The molecule has 0 unspecified atom stereocenters. The number of hydrogen-bond donors (Lipinski definition) is 1. The molecule has 1 fully saturated rings. The smallest absolute Gasteiger partial charge is 0.268 e. The van der Waals surface area contributed by atoms with Crippen molar-refractivity contribution in [1.82, 2.24) is 19.7 Å². The fourth-order valence-electron chi connectivity index (χ4n) is 4.13. The minimum absolute atomic E-state index is 0.117. The molecule has 2 aromatic heterocycles. The van der Waals surface area contributed by atoms with E-state index in [0.29, 0.717) is 10.9 Å². The second kappa shape index (κ2) is 8.70. The molecule has 1 aromatic carbocycles. The first kappa shape index (κ1) is 20.8. The molecule has 6 nitrogen and oxygen atoms in total. The third-order valence-electron chi connectivity index (χ3n) is 5.88. The number of piperidine rings is 1. The summed E-state index contributed by atoms with van der Waals surface area (Å²) in [5.41, 5.74) is 4.24. The van der Waals surface area contributed by atoms with E-state index in [-0.39, 0.29) is 5.91 Å². The van der Waals surface area contributed by atoms with Crippen molar-refractivity contribution >= 4 is 23.1 Å². The summed E-state index contributed by atoms with van der Waals surface area (Å²) in [6, 6.07) is 8.52. The van der Waals surface area contributed by atoms with Gasteiger partial charge in [0.1, 0.15) is 15.7 Å². The van der Waals surface area contributed by atoms with Crippen LogP contribution in [0.1, 0.15) is 52.3 Å². The van der Waals surface area contributed by atoms with E-state index in [1.54, 1.807) is 6.20 Å². The highest BCUT2D eigenvalue weighted by molar-refractivity contribution is 7.17. The molecule has 0 bridgehead atoms. The molecule has 1 aliphatic rings. The van der Waals surface area contributed by atoms with Crippen molar-refractivity contribution < 1.29 is 4.79 Å². The zero-order chi connectivity index (χ0) is 21.3. The zero-order valence-corrected chi connectivity index (χ0v) is 18.9. The lowest BCUT2D eigenvalue weighted by molar-refractivity contribution is 0.102. The lowest BCUT2D eigenvalue weighted by atomic mass is 10.1. The Kier molecular flexibility index (Phi) is 6.01. The van der Waals surface area contributed by atoms with Gasteiger partial charge in [-0.05, 0) is 45.7 Å². The summed E-state index contributed by atoms with van der Waals surface area (Å²) in [7, 11) is 0. The monoisotopic (exact) mass is 423 g/mol. The van der Waals surface area contributed by atoms with Crippen LogP contribution >= 0.6 is 11.3 Å².